The Hall–Kier alpha value is -2.55. The number of carbonyl (C=O) groups is 1. The predicted octanol–water partition coefficient (Wildman–Crippen LogP) is 6.60. The molecule has 0 bridgehead atoms. The van der Waals surface area contributed by atoms with E-state index in [0.717, 1.165) is 16.8 Å². The average molecular weight is 510 g/mol. The van der Waals surface area contributed by atoms with Crippen molar-refractivity contribution in [1.29, 1.82) is 0 Å². The van der Waals surface area contributed by atoms with Crippen LogP contribution in [0.15, 0.2) is 52.4 Å². The van der Waals surface area contributed by atoms with Crippen LogP contribution in [0.2, 0.25) is 0 Å². The zero-order chi connectivity index (χ0) is 24.8. The van der Waals surface area contributed by atoms with Gasteiger partial charge in [-0.05, 0) is 68.4 Å². The molecule has 2 aromatic carbocycles. The van der Waals surface area contributed by atoms with E-state index < -0.39 is 5.41 Å². The van der Waals surface area contributed by atoms with Crippen LogP contribution in [0.3, 0.4) is 0 Å². The number of nitrogens with zero attached hydrogens (tertiary/aromatic N) is 3. The van der Waals surface area contributed by atoms with Gasteiger partial charge in [-0.1, -0.05) is 67.6 Å². The fourth-order valence-corrected chi connectivity index (χ4v) is 5.86. The highest BCUT2D eigenvalue weighted by atomic mass is 32.2. The minimum atomic E-state index is -0.471. The van der Waals surface area contributed by atoms with Gasteiger partial charge in [-0.2, -0.15) is 0 Å². The van der Waals surface area contributed by atoms with Crippen molar-refractivity contribution in [3.8, 4) is 11.4 Å². The molecule has 0 aliphatic carbocycles. The van der Waals surface area contributed by atoms with Crippen molar-refractivity contribution in [2.45, 2.75) is 46.7 Å². The highest BCUT2D eigenvalue weighted by molar-refractivity contribution is 7.99. The summed E-state index contributed by atoms with van der Waals surface area (Å²) in [6.07, 6.45) is 0. The summed E-state index contributed by atoms with van der Waals surface area (Å²) in [4.78, 5) is 31.4. The number of hydrogen-bond donors (Lipinski definition) is 0. The van der Waals surface area contributed by atoms with E-state index in [4.69, 9.17) is 17.2 Å². The lowest BCUT2D eigenvalue weighted by atomic mass is 9.92. The summed E-state index contributed by atoms with van der Waals surface area (Å²) in [5, 5.41) is 0.476. The van der Waals surface area contributed by atoms with Crippen LogP contribution in [0, 0.1) is 30.1 Å². The molecule has 4 rings (SSSR count). The van der Waals surface area contributed by atoms with Crippen LogP contribution in [-0.2, 0) is 4.79 Å². The molecule has 4 aromatic rings. The number of benzene rings is 2. The van der Waals surface area contributed by atoms with Gasteiger partial charge in [-0.3, -0.25) is 18.7 Å². The van der Waals surface area contributed by atoms with Crippen molar-refractivity contribution in [1.82, 2.24) is 14.1 Å². The number of thiazole rings is 1. The van der Waals surface area contributed by atoms with Gasteiger partial charge in [-0.15, -0.1) is 0 Å². The summed E-state index contributed by atoms with van der Waals surface area (Å²) in [5.41, 5.74) is 4.88. The second-order valence-corrected chi connectivity index (χ2v) is 12.0. The molecular weight excluding hydrogens is 483 g/mol. The smallest absolute Gasteiger partial charge is 0.278 e. The number of ketones is 1. The third-order valence-electron chi connectivity index (χ3n) is 5.79. The highest BCUT2D eigenvalue weighted by Gasteiger charge is 2.24. The molecule has 2 aromatic heterocycles. The monoisotopic (exact) mass is 509 g/mol. The molecule has 0 spiro atoms. The molecule has 34 heavy (non-hydrogen) atoms. The largest absolute Gasteiger partial charge is 0.298 e. The molecule has 176 valence electrons. The minimum Gasteiger partial charge on any atom is -0.298 e. The number of aromatic nitrogens is 3. The number of fused-ring (bicyclic) bond motifs is 1. The first kappa shape index (κ1) is 24.6. The number of aryl methyl sites for hydroxylation is 3. The van der Waals surface area contributed by atoms with Gasteiger partial charge in [0.15, 0.2) is 14.8 Å². The Labute approximate surface area is 212 Å². The van der Waals surface area contributed by atoms with E-state index in [0.29, 0.717) is 25.1 Å². The number of carbonyl (C=O) groups excluding carboxylic acids is 1. The maximum Gasteiger partial charge on any atom is 0.278 e. The fourth-order valence-electron chi connectivity index (χ4n) is 3.39. The summed E-state index contributed by atoms with van der Waals surface area (Å²) in [5.74, 6) is 0.320. The van der Waals surface area contributed by atoms with Gasteiger partial charge in [0.05, 0.1) is 11.4 Å². The Morgan fingerprint density at radius 1 is 1.00 bits per heavy atom. The molecule has 0 fully saturated rings. The zero-order valence-corrected chi connectivity index (χ0v) is 22.6. The minimum absolute atomic E-state index is 0.0959. The lowest BCUT2D eigenvalue weighted by molar-refractivity contribution is -0.123. The lowest BCUT2D eigenvalue weighted by Crippen LogP contribution is -2.24. The van der Waals surface area contributed by atoms with Crippen molar-refractivity contribution in [3.05, 3.63) is 73.5 Å². The molecule has 0 radical (unpaired) electrons. The third kappa shape index (κ3) is 4.67. The highest BCUT2D eigenvalue weighted by Crippen LogP contribution is 2.29. The first-order chi connectivity index (χ1) is 16.0. The first-order valence-electron chi connectivity index (χ1n) is 11.0. The summed E-state index contributed by atoms with van der Waals surface area (Å²) in [6, 6.07) is 13.8. The number of Topliss-reactive ketones (excluding diaryl/α,β-unsaturated/α-hetero) is 1. The van der Waals surface area contributed by atoms with E-state index in [1.165, 1.54) is 28.7 Å². The maximum atomic E-state index is 13.8. The summed E-state index contributed by atoms with van der Waals surface area (Å²) < 4.78 is 4.51. The Bertz CT molecular complexity index is 1520. The van der Waals surface area contributed by atoms with E-state index in [1.807, 2.05) is 75.6 Å². The van der Waals surface area contributed by atoms with Crippen LogP contribution in [-0.4, -0.2) is 25.7 Å². The molecule has 8 heteroatoms. The molecular formula is C26H27N3O2S3. The third-order valence-corrected chi connectivity index (χ3v) is 8.08. The van der Waals surface area contributed by atoms with E-state index in [9.17, 15) is 9.59 Å². The van der Waals surface area contributed by atoms with E-state index in [2.05, 4.69) is 13.0 Å². The number of thioether (sulfide) groups is 1. The Morgan fingerprint density at radius 3 is 2.26 bits per heavy atom. The van der Waals surface area contributed by atoms with Gasteiger partial charge in [0.25, 0.3) is 5.56 Å². The van der Waals surface area contributed by atoms with Gasteiger partial charge in [0, 0.05) is 11.1 Å². The summed E-state index contributed by atoms with van der Waals surface area (Å²) in [7, 11) is 0. The van der Waals surface area contributed by atoms with Crippen LogP contribution in [0.5, 0.6) is 0 Å². The van der Waals surface area contributed by atoms with E-state index >= 15 is 0 Å². The van der Waals surface area contributed by atoms with E-state index in [1.54, 1.807) is 4.57 Å². The van der Waals surface area contributed by atoms with Gasteiger partial charge in [0.1, 0.15) is 10.5 Å². The second kappa shape index (κ2) is 9.24. The Morgan fingerprint density at radius 2 is 1.65 bits per heavy atom. The molecule has 0 N–H and O–H groups in total. The van der Waals surface area contributed by atoms with Crippen LogP contribution in [0.4, 0.5) is 0 Å². The molecule has 0 atom stereocenters. The Kier molecular flexibility index (Phi) is 6.68. The lowest BCUT2D eigenvalue weighted by Gasteiger charge is -2.17. The Balaban J connectivity index is 1.96. The van der Waals surface area contributed by atoms with Gasteiger partial charge in [0.2, 0.25) is 0 Å². The molecule has 2 heterocycles. The van der Waals surface area contributed by atoms with Crippen molar-refractivity contribution >= 4 is 51.4 Å². The topological polar surface area (TPSA) is 56.9 Å². The predicted molar refractivity (Wildman–Crippen MR) is 145 cm³/mol. The van der Waals surface area contributed by atoms with Gasteiger partial charge >= 0.3 is 0 Å². The van der Waals surface area contributed by atoms with Gasteiger partial charge in [-0.25, -0.2) is 4.98 Å². The summed E-state index contributed by atoms with van der Waals surface area (Å²) >= 11 is 8.23. The van der Waals surface area contributed by atoms with Crippen LogP contribution in [0.1, 0.15) is 37.5 Å². The quantitative estimate of drug-likeness (QED) is 0.172. The molecule has 0 aliphatic rings. The maximum absolute atomic E-state index is 13.8. The summed E-state index contributed by atoms with van der Waals surface area (Å²) in [6.45, 7) is 11.8. The fraction of sp³-hybridized carbons (Fsp3) is 0.308. The molecule has 0 amide bonds. The zero-order valence-electron chi connectivity index (χ0n) is 20.1. The molecule has 0 saturated carbocycles. The van der Waals surface area contributed by atoms with Crippen molar-refractivity contribution in [2.24, 2.45) is 5.41 Å². The number of hydrogen-bond acceptors (Lipinski definition) is 6. The van der Waals surface area contributed by atoms with Crippen LogP contribution < -0.4 is 5.56 Å². The van der Waals surface area contributed by atoms with Crippen molar-refractivity contribution in [2.75, 3.05) is 5.75 Å². The first-order valence-corrected chi connectivity index (χ1v) is 13.2. The van der Waals surface area contributed by atoms with Crippen LogP contribution in [0.25, 0.3) is 21.7 Å². The number of rotatable bonds is 5. The molecule has 0 saturated heterocycles. The van der Waals surface area contributed by atoms with E-state index in [-0.39, 0.29) is 17.1 Å². The SMILES string of the molecule is Cc1ccc(-n2c(SCC(=O)C(C)(C)C)nc3c(sc(=S)n3-c3ccc(C)c(C)c3)c2=O)cc1. The average Bonchev–Trinajstić information content (AvgIpc) is 3.10. The van der Waals surface area contributed by atoms with Crippen molar-refractivity contribution < 1.29 is 4.79 Å². The standard InChI is InChI=1S/C26H27N3O2S3/c1-15-7-10-18(11-8-15)29-23(31)21-22(27-24(29)33-14-20(30)26(4,5)6)28(25(32)34-21)19-12-9-16(2)17(3)13-19/h7-13H,14H2,1-6H3. The van der Waals surface area contributed by atoms with Crippen molar-refractivity contribution in [3.63, 3.8) is 0 Å². The molecule has 0 aliphatic heterocycles. The molecule has 5 nitrogen and oxygen atoms in total. The normalized spacial score (nSPS) is 11.8. The molecule has 0 unspecified atom stereocenters. The second-order valence-electron chi connectivity index (χ2n) is 9.46. The van der Waals surface area contributed by atoms with Gasteiger partial charge < -0.3 is 0 Å². The van der Waals surface area contributed by atoms with Crippen LogP contribution >= 0.6 is 35.3 Å².